The Morgan fingerprint density at radius 1 is 1.14 bits per heavy atom. The Bertz CT molecular complexity index is 1160. The molecule has 0 aliphatic carbocycles. The van der Waals surface area contributed by atoms with E-state index < -0.39 is 5.82 Å². The van der Waals surface area contributed by atoms with Gasteiger partial charge in [-0.1, -0.05) is 48.2 Å². The fourth-order valence-corrected chi connectivity index (χ4v) is 3.59. The van der Waals surface area contributed by atoms with Crippen molar-refractivity contribution < 1.29 is 9.18 Å². The van der Waals surface area contributed by atoms with Crippen molar-refractivity contribution in [3.8, 4) is 11.1 Å². The molecule has 0 radical (unpaired) electrons. The molecule has 1 heterocycles. The van der Waals surface area contributed by atoms with Crippen molar-refractivity contribution in [3.05, 3.63) is 92.1 Å². The molecule has 1 atom stereocenters. The number of rotatable bonds is 5. The Morgan fingerprint density at radius 3 is 2.48 bits per heavy atom. The maximum atomic E-state index is 13.4. The molecule has 0 aliphatic rings. The van der Waals surface area contributed by atoms with Gasteiger partial charge in [0.15, 0.2) is 5.78 Å². The molecular weight excluding hydrogens is 411 g/mol. The zero-order valence-corrected chi connectivity index (χ0v) is 17.8. The average Bonchev–Trinajstić information content (AvgIpc) is 2.68. The van der Waals surface area contributed by atoms with Crippen molar-refractivity contribution in [2.24, 2.45) is 7.05 Å². The van der Waals surface area contributed by atoms with E-state index in [9.17, 15) is 14.0 Å². The second-order valence-electron chi connectivity index (χ2n) is 6.94. The summed E-state index contributed by atoms with van der Waals surface area (Å²) in [6, 6.07) is 10.4. The van der Waals surface area contributed by atoms with Crippen LogP contribution >= 0.6 is 24.4 Å². The molecular formula is C22H20ClFN2O2S. The summed E-state index contributed by atoms with van der Waals surface area (Å²) in [6.45, 7) is 3.80. The molecule has 0 aliphatic heterocycles. The lowest BCUT2D eigenvalue weighted by atomic mass is 9.89. The zero-order chi connectivity index (χ0) is 21.3. The standard InChI is InChI=1S/C22H20ClFN2O2S/c1-12-4-6-15(22(28)16-7-5-14(24)9-20(16)23)18(8-12)19-11-26(3)21(27)10-17(19)13(2)25-29/h4-11,13,25,29H,1-3H3/t13-/m0/s1. The van der Waals surface area contributed by atoms with Gasteiger partial charge in [0.05, 0.1) is 5.02 Å². The van der Waals surface area contributed by atoms with Crippen LogP contribution in [-0.2, 0) is 7.05 Å². The van der Waals surface area contributed by atoms with Crippen LogP contribution in [0.25, 0.3) is 11.1 Å². The Morgan fingerprint density at radius 2 is 1.83 bits per heavy atom. The van der Waals surface area contributed by atoms with Gasteiger partial charge < -0.3 is 4.57 Å². The van der Waals surface area contributed by atoms with Gasteiger partial charge in [-0.3, -0.25) is 14.3 Å². The molecule has 3 rings (SSSR count). The van der Waals surface area contributed by atoms with Crippen LogP contribution in [0.1, 0.15) is 40.0 Å². The van der Waals surface area contributed by atoms with E-state index in [1.165, 1.54) is 22.8 Å². The highest BCUT2D eigenvalue weighted by Crippen LogP contribution is 2.33. The van der Waals surface area contributed by atoms with Crippen molar-refractivity contribution in [1.82, 2.24) is 9.29 Å². The van der Waals surface area contributed by atoms with E-state index in [2.05, 4.69) is 17.5 Å². The van der Waals surface area contributed by atoms with E-state index in [1.807, 2.05) is 26.0 Å². The summed E-state index contributed by atoms with van der Waals surface area (Å²) in [5.74, 6) is -0.832. The lowest BCUT2D eigenvalue weighted by Gasteiger charge is -2.19. The average molecular weight is 431 g/mol. The van der Waals surface area contributed by atoms with Crippen molar-refractivity contribution in [3.63, 3.8) is 0 Å². The molecule has 1 aromatic heterocycles. The smallest absolute Gasteiger partial charge is 0.250 e. The molecule has 0 fully saturated rings. The first-order valence-electron chi connectivity index (χ1n) is 8.94. The molecule has 0 unspecified atom stereocenters. The van der Waals surface area contributed by atoms with Crippen molar-refractivity contribution in [2.45, 2.75) is 19.9 Å². The lowest BCUT2D eigenvalue weighted by molar-refractivity contribution is 0.103. The van der Waals surface area contributed by atoms with Gasteiger partial charge in [0.25, 0.3) is 5.56 Å². The van der Waals surface area contributed by atoms with Gasteiger partial charge in [-0.25, -0.2) is 4.39 Å². The van der Waals surface area contributed by atoms with Crippen LogP contribution in [-0.4, -0.2) is 10.4 Å². The van der Waals surface area contributed by atoms with Gasteiger partial charge in [0.2, 0.25) is 0 Å². The van der Waals surface area contributed by atoms with Crippen molar-refractivity contribution in [2.75, 3.05) is 0 Å². The first kappa shape index (κ1) is 21.3. The number of benzene rings is 2. The van der Waals surface area contributed by atoms with E-state index >= 15 is 0 Å². The molecule has 3 aromatic rings. The summed E-state index contributed by atoms with van der Waals surface area (Å²) < 4.78 is 17.7. The molecule has 29 heavy (non-hydrogen) atoms. The number of hydrogen-bond acceptors (Lipinski definition) is 4. The van der Waals surface area contributed by atoms with Crippen LogP contribution in [0.3, 0.4) is 0 Å². The maximum absolute atomic E-state index is 13.4. The van der Waals surface area contributed by atoms with E-state index in [0.29, 0.717) is 16.7 Å². The fraction of sp³-hybridized carbons (Fsp3) is 0.182. The monoisotopic (exact) mass is 430 g/mol. The van der Waals surface area contributed by atoms with Crippen LogP contribution in [0.4, 0.5) is 4.39 Å². The third-order valence-electron chi connectivity index (χ3n) is 4.81. The first-order chi connectivity index (χ1) is 13.7. The Balaban J connectivity index is 2.27. The van der Waals surface area contributed by atoms with E-state index in [1.54, 1.807) is 19.3 Å². The second-order valence-corrected chi connectivity index (χ2v) is 7.61. The van der Waals surface area contributed by atoms with Crippen LogP contribution in [0.15, 0.2) is 53.5 Å². The fourth-order valence-electron chi connectivity index (χ4n) is 3.19. The van der Waals surface area contributed by atoms with E-state index in [4.69, 9.17) is 11.6 Å². The molecule has 7 heteroatoms. The highest BCUT2D eigenvalue weighted by Gasteiger charge is 2.21. The molecule has 0 amide bonds. The summed E-state index contributed by atoms with van der Waals surface area (Å²) in [7, 11) is 1.66. The summed E-state index contributed by atoms with van der Waals surface area (Å²) >= 11 is 10.3. The highest BCUT2D eigenvalue weighted by molar-refractivity contribution is 7.78. The Labute approximate surface area is 178 Å². The molecule has 150 valence electrons. The van der Waals surface area contributed by atoms with Crippen LogP contribution in [0.2, 0.25) is 5.02 Å². The summed E-state index contributed by atoms with van der Waals surface area (Å²) in [5, 5.41) is 0.0487. The highest BCUT2D eigenvalue weighted by atomic mass is 35.5. The zero-order valence-electron chi connectivity index (χ0n) is 16.2. The molecule has 1 N–H and O–H groups in total. The minimum atomic E-state index is -0.510. The van der Waals surface area contributed by atoms with Crippen LogP contribution in [0.5, 0.6) is 0 Å². The molecule has 4 nitrogen and oxygen atoms in total. The number of hydrogen-bond donors (Lipinski definition) is 2. The number of nitrogens with one attached hydrogen (secondary N) is 1. The normalized spacial score (nSPS) is 12.1. The number of carbonyl (C=O) groups excluding carboxylic acids is 1. The SMILES string of the molecule is Cc1ccc(C(=O)c2ccc(F)cc2Cl)c(-c2cn(C)c(=O)cc2[C@H](C)NS)c1. The Kier molecular flexibility index (Phi) is 6.27. The third-order valence-corrected chi connectivity index (χ3v) is 5.51. The van der Waals surface area contributed by atoms with Crippen LogP contribution < -0.4 is 10.3 Å². The van der Waals surface area contributed by atoms with Gasteiger partial charge in [0.1, 0.15) is 5.82 Å². The minimum absolute atomic E-state index is 0.0487. The number of carbonyl (C=O) groups is 1. The van der Waals surface area contributed by atoms with Gasteiger partial charge in [-0.05, 0) is 43.2 Å². The molecule has 0 saturated heterocycles. The summed E-state index contributed by atoms with van der Waals surface area (Å²) in [4.78, 5) is 25.5. The molecule has 0 saturated carbocycles. The number of pyridine rings is 1. The second kappa shape index (κ2) is 8.53. The maximum Gasteiger partial charge on any atom is 0.250 e. The molecule has 2 aromatic carbocycles. The predicted molar refractivity (Wildman–Crippen MR) is 117 cm³/mol. The van der Waals surface area contributed by atoms with Crippen molar-refractivity contribution >= 4 is 30.2 Å². The Hall–Kier alpha value is -2.41. The number of aryl methyl sites for hydroxylation is 2. The van der Waals surface area contributed by atoms with Crippen LogP contribution in [0, 0.1) is 12.7 Å². The summed E-state index contributed by atoms with van der Waals surface area (Å²) in [5.41, 5.74) is 3.52. The van der Waals surface area contributed by atoms with E-state index in [-0.39, 0.29) is 28.0 Å². The molecule has 0 spiro atoms. The summed E-state index contributed by atoms with van der Waals surface area (Å²) in [6.07, 6.45) is 1.71. The minimum Gasteiger partial charge on any atom is -0.318 e. The third kappa shape index (κ3) is 4.29. The van der Waals surface area contributed by atoms with Gasteiger partial charge in [-0.15, -0.1) is 0 Å². The number of ketones is 1. The number of aromatic nitrogens is 1. The number of thiol groups is 1. The topological polar surface area (TPSA) is 51.1 Å². The molecule has 0 bridgehead atoms. The van der Waals surface area contributed by atoms with Gasteiger partial charge in [-0.2, -0.15) is 0 Å². The quantitative estimate of drug-likeness (QED) is 0.448. The lowest BCUT2D eigenvalue weighted by Crippen LogP contribution is -2.20. The predicted octanol–water partition coefficient (Wildman–Crippen LogP) is 4.88. The largest absolute Gasteiger partial charge is 0.318 e. The van der Waals surface area contributed by atoms with Gasteiger partial charge in [0, 0.05) is 42.0 Å². The number of nitrogens with zero attached hydrogens (tertiary/aromatic N) is 1. The number of halogens is 2. The van der Waals surface area contributed by atoms with Crippen molar-refractivity contribution in [1.29, 1.82) is 0 Å². The first-order valence-corrected chi connectivity index (χ1v) is 9.76. The van der Waals surface area contributed by atoms with E-state index in [0.717, 1.165) is 17.2 Å². The van der Waals surface area contributed by atoms with Gasteiger partial charge >= 0.3 is 0 Å².